The van der Waals surface area contributed by atoms with Crippen LogP contribution >= 0.6 is 0 Å². The maximum atomic E-state index is 13.8. The smallest absolute Gasteiger partial charge is 0.320 e. The van der Waals surface area contributed by atoms with E-state index in [1.165, 1.54) is 18.3 Å². The molecule has 2 aromatic heterocycles. The second kappa shape index (κ2) is 10.8. The summed E-state index contributed by atoms with van der Waals surface area (Å²) < 4.78 is 45.4. The molecule has 39 heavy (non-hydrogen) atoms. The molecule has 2 amide bonds. The van der Waals surface area contributed by atoms with Crippen molar-refractivity contribution in [2.24, 2.45) is 0 Å². The molecule has 2 aliphatic rings. The molecular weight excluding hydrogens is 527 g/mol. The fourth-order valence-corrected chi connectivity index (χ4v) is 6.52. The number of morpholine rings is 1. The first-order chi connectivity index (χ1) is 18.7. The average molecular weight is 557 g/mol. The third-order valence-corrected chi connectivity index (χ3v) is 9.38. The predicted molar refractivity (Wildman–Crippen MR) is 141 cm³/mol. The molecule has 2 fully saturated rings. The largest absolute Gasteiger partial charge is 0.395 e. The van der Waals surface area contributed by atoms with Crippen LogP contribution in [-0.2, 0) is 19.3 Å². The molecule has 1 saturated carbocycles. The van der Waals surface area contributed by atoms with Crippen molar-refractivity contribution in [3.63, 3.8) is 0 Å². The van der Waals surface area contributed by atoms with E-state index in [0.717, 1.165) is 12.1 Å². The van der Waals surface area contributed by atoms with Crippen molar-refractivity contribution in [2.45, 2.75) is 35.4 Å². The standard InChI is InChI=1S/C26H29FN6O5S/c1-17-16-38-13-11-33(17)23-14-21(26(8-9-26)39(36,37)20-5-3-19(27)4-6-20)30-24(32-23)18-2-7-22(29-15-18)31-25(35)28-10-12-34/h2-7,14-15,17,34H,8-13,16H2,1H3,(H2,28,29,31,35)/t17-/m0/s1. The molecule has 206 valence electrons. The lowest BCUT2D eigenvalue weighted by atomic mass is 10.2. The third kappa shape index (κ3) is 5.42. The third-order valence-electron chi connectivity index (χ3n) is 6.84. The Morgan fingerprint density at radius 2 is 1.97 bits per heavy atom. The van der Waals surface area contributed by atoms with Crippen LogP contribution in [-0.4, -0.2) is 73.5 Å². The van der Waals surface area contributed by atoms with Gasteiger partial charge in [-0.05, 0) is 56.2 Å². The number of ether oxygens (including phenoxy) is 1. The summed E-state index contributed by atoms with van der Waals surface area (Å²) in [5, 5.41) is 13.9. The number of hydrogen-bond donors (Lipinski definition) is 3. The molecule has 13 heteroatoms. The summed E-state index contributed by atoms with van der Waals surface area (Å²) in [5.41, 5.74) is 0.909. The first kappa shape index (κ1) is 26.9. The quantitative estimate of drug-likeness (QED) is 0.356. The van der Waals surface area contributed by atoms with Gasteiger partial charge in [-0.3, -0.25) is 5.32 Å². The van der Waals surface area contributed by atoms with Gasteiger partial charge in [-0.2, -0.15) is 0 Å². The normalized spacial score (nSPS) is 18.4. The van der Waals surface area contributed by atoms with Crippen LogP contribution in [0.5, 0.6) is 0 Å². The summed E-state index contributed by atoms with van der Waals surface area (Å²) in [6.07, 6.45) is 2.26. The molecule has 1 aliphatic carbocycles. The number of aliphatic hydroxyl groups is 1. The van der Waals surface area contributed by atoms with E-state index in [2.05, 4.69) is 20.5 Å². The number of nitrogens with one attached hydrogen (secondary N) is 2. The number of hydrogen-bond acceptors (Lipinski definition) is 9. The Labute approximate surface area is 225 Å². The molecule has 0 bridgehead atoms. The number of carbonyl (C=O) groups excluding carboxylic acids is 1. The number of aromatic nitrogens is 3. The molecule has 0 radical (unpaired) electrons. The zero-order valence-corrected chi connectivity index (χ0v) is 22.1. The summed E-state index contributed by atoms with van der Waals surface area (Å²) in [7, 11) is -3.87. The van der Waals surface area contributed by atoms with Crippen LogP contribution in [0.4, 0.5) is 20.8 Å². The molecule has 1 aliphatic heterocycles. The molecule has 3 heterocycles. The van der Waals surface area contributed by atoms with E-state index in [1.54, 1.807) is 18.2 Å². The van der Waals surface area contributed by atoms with Crippen molar-refractivity contribution >= 4 is 27.5 Å². The van der Waals surface area contributed by atoms with E-state index in [4.69, 9.17) is 19.8 Å². The molecule has 0 unspecified atom stereocenters. The van der Waals surface area contributed by atoms with Crippen LogP contribution < -0.4 is 15.5 Å². The van der Waals surface area contributed by atoms with Crippen LogP contribution in [0, 0.1) is 5.82 Å². The number of amides is 2. The fraction of sp³-hybridized carbons (Fsp3) is 0.385. The number of urea groups is 1. The zero-order chi connectivity index (χ0) is 27.6. The fourth-order valence-electron chi connectivity index (χ4n) is 4.56. The van der Waals surface area contributed by atoms with Crippen LogP contribution in [0.1, 0.15) is 25.5 Å². The minimum Gasteiger partial charge on any atom is -0.395 e. The number of anilines is 2. The van der Waals surface area contributed by atoms with E-state index in [1.807, 2.05) is 6.92 Å². The van der Waals surface area contributed by atoms with E-state index in [-0.39, 0.29) is 29.9 Å². The van der Waals surface area contributed by atoms with Crippen molar-refractivity contribution in [2.75, 3.05) is 43.1 Å². The van der Waals surface area contributed by atoms with Crippen molar-refractivity contribution in [3.05, 3.63) is 60.2 Å². The summed E-state index contributed by atoms with van der Waals surface area (Å²) >= 11 is 0. The highest BCUT2D eigenvalue weighted by molar-refractivity contribution is 7.92. The van der Waals surface area contributed by atoms with Gasteiger partial charge in [0.1, 0.15) is 22.2 Å². The van der Waals surface area contributed by atoms with Gasteiger partial charge in [0.05, 0.1) is 36.5 Å². The zero-order valence-electron chi connectivity index (χ0n) is 21.3. The lowest BCUT2D eigenvalue weighted by molar-refractivity contribution is 0.0985. The number of carbonyl (C=O) groups is 1. The van der Waals surface area contributed by atoms with E-state index in [9.17, 15) is 17.6 Å². The Kier molecular flexibility index (Phi) is 7.47. The second-order valence-corrected chi connectivity index (χ2v) is 11.8. The van der Waals surface area contributed by atoms with Crippen LogP contribution in [0.3, 0.4) is 0 Å². The Hall–Kier alpha value is -3.68. The van der Waals surface area contributed by atoms with Gasteiger partial charge in [-0.1, -0.05) is 0 Å². The van der Waals surface area contributed by atoms with Gasteiger partial charge < -0.3 is 20.1 Å². The van der Waals surface area contributed by atoms with Crippen molar-refractivity contribution in [1.82, 2.24) is 20.3 Å². The average Bonchev–Trinajstić information content (AvgIpc) is 3.76. The lowest BCUT2D eigenvalue weighted by Gasteiger charge is -2.34. The number of benzene rings is 1. The van der Waals surface area contributed by atoms with Crippen LogP contribution in [0.25, 0.3) is 11.4 Å². The molecule has 3 aromatic rings. The van der Waals surface area contributed by atoms with E-state index >= 15 is 0 Å². The Balaban J connectivity index is 1.53. The first-order valence-corrected chi connectivity index (χ1v) is 14.1. The maximum Gasteiger partial charge on any atom is 0.320 e. The number of pyridine rings is 1. The summed E-state index contributed by atoms with van der Waals surface area (Å²) in [6.45, 7) is 3.53. The van der Waals surface area contributed by atoms with Crippen molar-refractivity contribution in [3.8, 4) is 11.4 Å². The number of nitrogens with zero attached hydrogens (tertiary/aromatic N) is 4. The predicted octanol–water partition coefficient (Wildman–Crippen LogP) is 2.48. The number of halogens is 1. The maximum absolute atomic E-state index is 13.8. The van der Waals surface area contributed by atoms with Gasteiger partial charge in [-0.25, -0.2) is 32.6 Å². The van der Waals surface area contributed by atoms with Gasteiger partial charge in [0.25, 0.3) is 0 Å². The molecule has 1 atom stereocenters. The van der Waals surface area contributed by atoms with Crippen LogP contribution in [0.2, 0.25) is 0 Å². The molecule has 0 spiro atoms. The number of aliphatic hydroxyl groups excluding tert-OH is 1. The first-order valence-electron chi connectivity index (χ1n) is 12.6. The molecule has 3 N–H and O–H groups in total. The topological polar surface area (TPSA) is 147 Å². The Bertz CT molecular complexity index is 1450. The summed E-state index contributed by atoms with van der Waals surface area (Å²) in [5.74, 6) is 0.649. The van der Waals surface area contributed by atoms with Gasteiger partial charge in [0.15, 0.2) is 15.7 Å². The summed E-state index contributed by atoms with van der Waals surface area (Å²) in [4.78, 5) is 27.7. The monoisotopic (exact) mass is 556 g/mol. The Morgan fingerprint density at radius 3 is 2.62 bits per heavy atom. The number of sulfone groups is 1. The van der Waals surface area contributed by atoms with Gasteiger partial charge >= 0.3 is 6.03 Å². The van der Waals surface area contributed by atoms with Crippen molar-refractivity contribution < 1.29 is 27.4 Å². The highest BCUT2D eigenvalue weighted by Crippen LogP contribution is 2.55. The number of rotatable bonds is 8. The van der Waals surface area contributed by atoms with Gasteiger partial charge in [0, 0.05) is 30.9 Å². The minimum atomic E-state index is -3.87. The highest BCUT2D eigenvalue weighted by atomic mass is 32.2. The van der Waals surface area contributed by atoms with Gasteiger partial charge in [-0.15, -0.1) is 0 Å². The molecular formula is C26H29FN6O5S. The summed E-state index contributed by atoms with van der Waals surface area (Å²) in [6, 6.07) is 9.36. The van der Waals surface area contributed by atoms with Crippen LogP contribution in [0.15, 0.2) is 53.6 Å². The van der Waals surface area contributed by atoms with Crippen molar-refractivity contribution in [1.29, 1.82) is 0 Å². The lowest BCUT2D eigenvalue weighted by Crippen LogP contribution is -2.44. The molecule has 1 aromatic carbocycles. The van der Waals surface area contributed by atoms with E-state index < -0.39 is 26.4 Å². The molecule has 11 nitrogen and oxygen atoms in total. The molecule has 5 rings (SSSR count). The highest BCUT2D eigenvalue weighted by Gasteiger charge is 2.58. The van der Waals surface area contributed by atoms with Gasteiger partial charge in [0.2, 0.25) is 0 Å². The SMILES string of the molecule is C[C@H]1COCCN1c1cc(C2(S(=O)(=O)c3ccc(F)cc3)CC2)nc(-c2ccc(NC(=O)NCCO)nc2)n1. The molecule has 1 saturated heterocycles. The van der Waals surface area contributed by atoms with E-state index in [0.29, 0.717) is 55.5 Å². The minimum absolute atomic E-state index is 0.0142. The Morgan fingerprint density at radius 1 is 1.21 bits per heavy atom. The second-order valence-electron chi connectivity index (χ2n) is 9.54.